The molecule has 0 amide bonds. The molecule has 0 aliphatic heterocycles. The normalized spacial score (nSPS) is 9.23. The second kappa shape index (κ2) is 3.97. The Labute approximate surface area is 72.8 Å². The fourth-order valence-electron chi connectivity index (χ4n) is 0.769. The van der Waals surface area contributed by atoms with Crippen LogP contribution < -0.4 is 0 Å². The molecule has 0 spiro atoms. The zero-order chi connectivity index (χ0) is 9.84. The van der Waals surface area contributed by atoms with Gasteiger partial charge in [0, 0.05) is 5.56 Å². The Bertz CT molecular complexity index is 353. The third kappa shape index (κ3) is 2.23. The average molecular weight is 186 g/mol. The number of hydrogen-bond acceptors (Lipinski definition) is 1. The van der Waals surface area contributed by atoms with Gasteiger partial charge >= 0.3 is 0 Å². The van der Waals surface area contributed by atoms with Crippen LogP contribution in [0.4, 0.5) is 13.2 Å². The SMILES string of the molecule is OCC#Cc1cc(F)c(F)c(F)c1. The highest BCUT2D eigenvalue weighted by atomic mass is 19.2. The fraction of sp³-hybridized carbons (Fsp3) is 0.111. The molecule has 0 aliphatic rings. The molecule has 4 heteroatoms. The van der Waals surface area contributed by atoms with Crippen molar-refractivity contribution in [1.82, 2.24) is 0 Å². The van der Waals surface area contributed by atoms with Crippen LogP contribution in [0.2, 0.25) is 0 Å². The van der Waals surface area contributed by atoms with Crippen LogP contribution in [0.5, 0.6) is 0 Å². The van der Waals surface area contributed by atoms with Crippen molar-refractivity contribution in [2.24, 2.45) is 0 Å². The van der Waals surface area contributed by atoms with Gasteiger partial charge in [-0.2, -0.15) is 0 Å². The Morgan fingerprint density at radius 2 is 1.69 bits per heavy atom. The van der Waals surface area contributed by atoms with E-state index in [-0.39, 0.29) is 5.56 Å². The molecular weight excluding hydrogens is 181 g/mol. The van der Waals surface area contributed by atoms with Crippen molar-refractivity contribution in [1.29, 1.82) is 0 Å². The van der Waals surface area contributed by atoms with Gasteiger partial charge in [0.1, 0.15) is 6.61 Å². The molecule has 1 rings (SSSR count). The molecule has 0 aromatic heterocycles. The van der Waals surface area contributed by atoms with E-state index in [4.69, 9.17) is 5.11 Å². The summed E-state index contributed by atoms with van der Waals surface area (Å²) in [6.45, 7) is -0.416. The summed E-state index contributed by atoms with van der Waals surface area (Å²) in [5, 5.41) is 8.29. The molecular formula is C9H5F3O. The minimum atomic E-state index is -1.52. The monoisotopic (exact) mass is 186 g/mol. The van der Waals surface area contributed by atoms with Gasteiger partial charge in [0.25, 0.3) is 0 Å². The van der Waals surface area contributed by atoms with Gasteiger partial charge < -0.3 is 5.11 Å². The summed E-state index contributed by atoms with van der Waals surface area (Å²) in [5.74, 6) is 0.347. The van der Waals surface area contributed by atoms with Crippen molar-refractivity contribution >= 4 is 0 Å². The minimum absolute atomic E-state index is 0.00884. The number of aliphatic hydroxyl groups is 1. The Balaban J connectivity index is 3.13. The largest absolute Gasteiger partial charge is 0.384 e. The molecule has 1 aromatic rings. The Hall–Kier alpha value is -1.47. The summed E-state index contributed by atoms with van der Waals surface area (Å²) >= 11 is 0. The van der Waals surface area contributed by atoms with Gasteiger partial charge in [0.2, 0.25) is 0 Å². The van der Waals surface area contributed by atoms with Crippen LogP contribution in [-0.2, 0) is 0 Å². The maximum atomic E-state index is 12.5. The molecule has 0 saturated carbocycles. The summed E-state index contributed by atoms with van der Waals surface area (Å²) in [7, 11) is 0. The van der Waals surface area contributed by atoms with Crippen molar-refractivity contribution in [2.75, 3.05) is 6.61 Å². The molecule has 0 radical (unpaired) electrons. The summed E-state index contributed by atoms with van der Waals surface area (Å²) in [6, 6.07) is 1.53. The quantitative estimate of drug-likeness (QED) is 0.480. The first-order valence-electron chi connectivity index (χ1n) is 3.39. The lowest BCUT2D eigenvalue weighted by atomic mass is 10.2. The number of aliphatic hydroxyl groups excluding tert-OH is 1. The second-order valence-corrected chi connectivity index (χ2v) is 2.21. The molecule has 0 bridgehead atoms. The molecule has 1 N–H and O–H groups in total. The Kier molecular flexibility index (Phi) is 2.93. The first kappa shape index (κ1) is 9.62. The van der Waals surface area contributed by atoms with Gasteiger partial charge in [0.05, 0.1) is 0 Å². The van der Waals surface area contributed by atoms with Crippen molar-refractivity contribution < 1.29 is 18.3 Å². The highest BCUT2D eigenvalue weighted by Gasteiger charge is 2.08. The van der Waals surface area contributed by atoms with E-state index in [2.05, 4.69) is 11.8 Å². The summed E-state index contributed by atoms with van der Waals surface area (Å²) in [5.41, 5.74) is -0.00884. The molecule has 13 heavy (non-hydrogen) atoms. The van der Waals surface area contributed by atoms with Crippen LogP contribution >= 0.6 is 0 Å². The number of benzene rings is 1. The molecule has 0 aliphatic carbocycles. The first-order chi connectivity index (χ1) is 6.15. The lowest BCUT2D eigenvalue weighted by molar-refractivity contribution is 0.350. The van der Waals surface area contributed by atoms with Gasteiger partial charge in [-0.25, -0.2) is 13.2 Å². The zero-order valence-corrected chi connectivity index (χ0v) is 6.44. The van der Waals surface area contributed by atoms with Crippen molar-refractivity contribution in [3.05, 3.63) is 35.1 Å². The van der Waals surface area contributed by atoms with Gasteiger partial charge in [0.15, 0.2) is 17.5 Å². The van der Waals surface area contributed by atoms with E-state index in [1.807, 2.05) is 0 Å². The van der Waals surface area contributed by atoms with E-state index in [1.165, 1.54) is 0 Å². The highest BCUT2D eigenvalue weighted by Crippen LogP contribution is 2.12. The lowest BCUT2D eigenvalue weighted by Crippen LogP contribution is -1.91. The third-order valence-corrected chi connectivity index (χ3v) is 1.30. The van der Waals surface area contributed by atoms with Gasteiger partial charge in [-0.1, -0.05) is 11.8 Å². The smallest absolute Gasteiger partial charge is 0.194 e. The van der Waals surface area contributed by atoms with Crippen LogP contribution in [0.3, 0.4) is 0 Å². The van der Waals surface area contributed by atoms with Crippen molar-refractivity contribution in [3.63, 3.8) is 0 Å². The predicted octanol–water partition coefficient (Wildman–Crippen LogP) is 1.45. The Morgan fingerprint density at radius 3 is 2.15 bits per heavy atom. The van der Waals surface area contributed by atoms with E-state index < -0.39 is 24.1 Å². The fourth-order valence-corrected chi connectivity index (χ4v) is 0.769. The highest BCUT2D eigenvalue weighted by molar-refractivity contribution is 5.35. The van der Waals surface area contributed by atoms with Gasteiger partial charge in [-0.15, -0.1) is 0 Å². The molecule has 0 fully saturated rings. The zero-order valence-electron chi connectivity index (χ0n) is 6.44. The lowest BCUT2D eigenvalue weighted by Gasteiger charge is -1.95. The molecule has 0 atom stereocenters. The molecule has 68 valence electrons. The van der Waals surface area contributed by atoms with Crippen LogP contribution in [0.25, 0.3) is 0 Å². The molecule has 0 unspecified atom stereocenters. The van der Waals surface area contributed by atoms with E-state index >= 15 is 0 Å². The summed E-state index contributed by atoms with van der Waals surface area (Å²) < 4.78 is 37.4. The van der Waals surface area contributed by atoms with Crippen LogP contribution in [-0.4, -0.2) is 11.7 Å². The molecule has 1 nitrogen and oxygen atoms in total. The van der Waals surface area contributed by atoms with Crippen molar-refractivity contribution in [2.45, 2.75) is 0 Å². The maximum absolute atomic E-state index is 12.5. The minimum Gasteiger partial charge on any atom is -0.384 e. The molecule has 1 aromatic carbocycles. The van der Waals surface area contributed by atoms with Gasteiger partial charge in [-0.3, -0.25) is 0 Å². The van der Waals surface area contributed by atoms with E-state index in [0.29, 0.717) is 0 Å². The summed E-state index contributed by atoms with van der Waals surface area (Å²) in [6.07, 6.45) is 0. The molecule has 0 heterocycles. The number of halogens is 3. The predicted molar refractivity (Wildman–Crippen MR) is 40.3 cm³/mol. The maximum Gasteiger partial charge on any atom is 0.194 e. The molecule has 0 saturated heterocycles. The standard InChI is InChI=1S/C9H5F3O/c10-7-4-6(2-1-3-13)5-8(11)9(7)12/h4-5,13H,3H2. The number of rotatable bonds is 0. The summed E-state index contributed by atoms with van der Waals surface area (Å²) in [4.78, 5) is 0. The third-order valence-electron chi connectivity index (χ3n) is 1.30. The van der Waals surface area contributed by atoms with Crippen LogP contribution in [0, 0.1) is 29.3 Å². The van der Waals surface area contributed by atoms with E-state index in [0.717, 1.165) is 12.1 Å². The van der Waals surface area contributed by atoms with Crippen LogP contribution in [0.1, 0.15) is 5.56 Å². The Morgan fingerprint density at radius 1 is 1.15 bits per heavy atom. The topological polar surface area (TPSA) is 20.2 Å². The van der Waals surface area contributed by atoms with Crippen LogP contribution in [0.15, 0.2) is 12.1 Å². The van der Waals surface area contributed by atoms with Crippen molar-refractivity contribution in [3.8, 4) is 11.8 Å². The average Bonchev–Trinajstić information content (AvgIpc) is 2.10. The van der Waals surface area contributed by atoms with E-state index in [1.54, 1.807) is 0 Å². The number of hydrogen-bond donors (Lipinski definition) is 1. The van der Waals surface area contributed by atoms with E-state index in [9.17, 15) is 13.2 Å². The first-order valence-corrected chi connectivity index (χ1v) is 3.39. The second-order valence-electron chi connectivity index (χ2n) is 2.21. The van der Waals surface area contributed by atoms with Gasteiger partial charge in [-0.05, 0) is 12.1 Å².